The molecular formula is C19H21BF2N2. The molecule has 1 heterocycles. The van der Waals surface area contributed by atoms with Crippen molar-refractivity contribution in [1.29, 1.82) is 0 Å². The molecule has 1 aliphatic rings. The van der Waals surface area contributed by atoms with Gasteiger partial charge in [-0.15, -0.1) is 0 Å². The van der Waals surface area contributed by atoms with Gasteiger partial charge in [-0.2, -0.15) is 0 Å². The number of halogens is 2. The van der Waals surface area contributed by atoms with Crippen molar-refractivity contribution in [2.45, 2.75) is 6.92 Å². The van der Waals surface area contributed by atoms with Crippen LogP contribution in [0.3, 0.4) is 0 Å². The Kier molecular flexibility index (Phi) is 4.61. The quantitative estimate of drug-likeness (QED) is 0.799. The molecule has 2 nitrogen and oxygen atoms in total. The summed E-state index contributed by atoms with van der Waals surface area (Å²) in [5.41, 5.74) is 3.40. The fraction of sp³-hybridized carbons (Fsp3) is 0.263. The van der Waals surface area contributed by atoms with Gasteiger partial charge in [-0.1, -0.05) is 29.7 Å². The summed E-state index contributed by atoms with van der Waals surface area (Å²) in [6, 6.07) is 11.1. The van der Waals surface area contributed by atoms with Crippen LogP contribution >= 0.6 is 0 Å². The van der Waals surface area contributed by atoms with Crippen molar-refractivity contribution in [1.82, 2.24) is 4.90 Å². The molecule has 0 aliphatic carbocycles. The molecule has 1 saturated heterocycles. The van der Waals surface area contributed by atoms with Crippen LogP contribution in [0.5, 0.6) is 0 Å². The second kappa shape index (κ2) is 6.67. The zero-order chi connectivity index (χ0) is 17.3. The maximum absolute atomic E-state index is 14.2. The molecule has 0 amide bonds. The first-order chi connectivity index (χ1) is 11.5. The number of benzene rings is 2. The van der Waals surface area contributed by atoms with Gasteiger partial charge in [0, 0.05) is 37.6 Å². The number of piperazine rings is 1. The normalized spacial score (nSPS) is 14.8. The van der Waals surface area contributed by atoms with Gasteiger partial charge in [0.1, 0.15) is 19.5 Å². The van der Waals surface area contributed by atoms with Crippen LogP contribution in [-0.2, 0) is 0 Å². The topological polar surface area (TPSA) is 6.48 Å². The van der Waals surface area contributed by atoms with Crippen molar-refractivity contribution in [2.24, 2.45) is 0 Å². The smallest absolute Gasteiger partial charge is 0.139 e. The highest BCUT2D eigenvalue weighted by atomic mass is 19.1. The summed E-state index contributed by atoms with van der Waals surface area (Å²) in [5.74, 6) is -1.09. The van der Waals surface area contributed by atoms with Crippen LogP contribution in [0.15, 0.2) is 43.0 Å². The Bertz CT molecular complexity index is 727. The molecule has 0 N–H and O–H groups in total. The Balaban J connectivity index is 1.70. The SMILES string of the molecule is Bc1cc(F)c(C(=C)N2CCN(c3ccc(C)cc3)CC2)c(F)c1. The van der Waals surface area contributed by atoms with Crippen LogP contribution in [-0.4, -0.2) is 38.9 Å². The molecule has 0 spiro atoms. The first-order valence-electron chi connectivity index (χ1n) is 8.17. The molecule has 0 aromatic heterocycles. The third-order valence-corrected chi connectivity index (χ3v) is 4.54. The van der Waals surface area contributed by atoms with E-state index in [2.05, 4.69) is 42.7 Å². The van der Waals surface area contributed by atoms with E-state index in [1.54, 1.807) is 7.85 Å². The Morgan fingerprint density at radius 2 is 1.54 bits per heavy atom. The number of rotatable bonds is 3. The standard InChI is InChI=1S/C19H21BF2N2/c1-13-3-5-16(6-4-13)24-9-7-23(8-10-24)14(2)19-17(21)11-15(20)12-18(19)22/h3-6,11-12H,2,7-10,20H2,1H3. The fourth-order valence-corrected chi connectivity index (χ4v) is 3.12. The van der Waals surface area contributed by atoms with Gasteiger partial charge >= 0.3 is 0 Å². The third kappa shape index (κ3) is 3.30. The van der Waals surface area contributed by atoms with E-state index in [1.807, 2.05) is 4.90 Å². The zero-order valence-corrected chi connectivity index (χ0v) is 14.1. The summed E-state index contributed by atoms with van der Waals surface area (Å²) >= 11 is 0. The molecule has 0 saturated carbocycles. The van der Waals surface area contributed by atoms with E-state index >= 15 is 0 Å². The van der Waals surface area contributed by atoms with Gasteiger partial charge in [0.05, 0.1) is 5.56 Å². The van der Waals surface area contributed by atoms with Crippen molar-refractivity contribution in [3.8, 4) is 0 Å². The number of nitrogens with zero attached hydrogens (tertiary/aromatic N) is 2. The molecule has 2 aromatic carbocycles. The van der Waals surface area contributed by atoms with Crippen LogP contribution < -0.4 is 10.4 Å². The number of hydrogen-bond acceptors (Lipinski definition) is 2. The summed E-state index contributed by atoms with van der Waals surface area (Å²) < 4.78 is 28.3. The lowest BCUT2D eigenvalue weighted by molar-refractivity contribution is 0.364. The minimum Gasteiger partial charge on any atom is -0.368 e. The Morgan fingerprint density at radius 1 is 1.00 bits per heavy atom. The molecule has 24 heavy (non-hydrogen) atoms. The lowest BCUT2D eigenvalue weighted by Crippen LogP contribution is -2.45. The average molecular weight is 326 g/mol. The molecule has 3 rings (SSSR count). The molecular weight excluding hydrogens is 305 g/mol. The third-order valence-electron chi connectivity index (χ3n) is 4.54. The second-order valence-electron chi connectivity index (χ2n) is 6.36. The zero-order valence-electron chi connectivity index (χ0n) is 14.1. The highest BCUT2D eigenvalue weighted by molar-refractivity contribution is 6.32. The van der Waals surface area contributed by atoms with Crippen molar-refractivity contribution in [3.63, 3.8) is 0 Å². The van der Waals surface area contributed by atoms with Crippen molar-refractivity contribution in [3.05, 3.63) is 65.7 Å². The molecule has 0 atom stereocenters. The summed E-state index contributed by atoms with van der Waals surface area (Å²) in [6.45, 7) is 9.00. The van der Waals surface area contributed by atoms with E-state index in [0.717, 1.165) is 13.1 Å². The molecule has 1 fully saturated rings. The van der Waals surface area contributed by atoms with Crippen LogP contribution in [0.4, 0.5) is 14.5 Å². The van der Waals surface area contributed by atoms with Crippen molar-refractivity contribution >= 4 is 24.7 Å². The summed E-state index contributed by atoms with van der Waals surface area (Å²) in [7, 11) is 1.68. The van der Waals surface area contributed by atoms with Gasteiger partial charge in [0.15, 0.2) is 0 Å². The molecule has 0 radical (unpaired) electrons. The second-order valence-corrected chi connectivity index (χ2v) is 6.36. The van der Waals surface area contributed by atoms with Gasteiger partial charge in [0.25, 0.3) is 0 Å². The van der Waals surface area contributed by atoms with Gasteiger partial charge in [0.2, 0.25) is 0 Å². The van der Waals surface area contributed by atoms with Crippen LogP contribution in [0.1, 0.15) is 11.1 Å². The first-order valence-corrected chi connectivity index (χ1v) is 8.17. The Morgan fingerprint density at radius 3 is 2.08 bits per heavy atom. The largest absolute Gasteiger partial charge is 0.368 e. The highest BCUT2D eigenvalue weighted by Gasteiger charge is 2.22. The molecule has 5 heteroatoms. The Hall–Kier alpha value is -2.30. The van der Waals surface area contributed by atoms with Crippen molar-refractivity contribution in [2.75, 3.05) is 31.1 Å². The number of aryl methyl sites for hydroxylation is 1. The molecule has 0 unspecified atom stereocenters. The van der Waals surface area contributed by atoms with Gasteiger partial charge in [-0.3, -0.25) is 0 Å². The molecule has 2 aromatic rings. The predicted octanol–water partition coefficient (Wildman–Crippen LogP) is 2.32. The van der Waals surface area contributed by atoms with Crippen LogP contribution in [0, 0.1) is 18.6 Å². The van der Waals surface area contributed by atoms with Crippen molar-refractivity contribution < 1.29 is 8.78 Å². The van der Waals surface area contributed by atoms with Crippen LogP contribution in [0.2, 0.25) is 0 Å². The molecule has 124 valence electrons. The van der Waals surface area contributed by atoms with E-state index < -0.39 is 11.6 Å². The maximum atomic E-state index is 14.2. The fourth-order valence-electron chi connectivity index (χ4n) is 3.12. The lowest BCUT2D eigenvalue weighted by Gasteiger charge is -2.38. The van der Waals surface area contributed by atoms with Crippen LogP contribution in [0.25, 0.3) is 5.70 Å². The maximum Gasteiger partial charge on any atom is 0.139 e. The Labute approximate surface area is 142 Å². The molecule has 0 bridgehead atoms. The summed E-state index contributed by atoms with van der Waals surface area (Å²) in [5, 5.41) is 0. The van der Waals surface area contributed by atoms with E-state index in [9.17, 15) is 8.78 Å². The minimum absolute atomic E-state index is 0.00983. The van der Waals surface area contributed by atoms with E-state index in [1.165, 1.54) is 23.4 Å². The van der Waals surface area contributed by atoms with Gasteiger partial charge in [-0.25, -0.2) is 8.78 Å². The number of hydrogen-bond donors (Lipinski definition) is 0. The van der Waals surface area contributed by atoms with E-state index in [0.29, 0.717) is 24.2 Å². The highest BCUT2D eigenvalue weighted by Crippen LogP contribution is 2.25. The monoisotopic (exact) mass is 326 g/mol. The van der Waals surface area contributed by atoms with Gasteiger partial charge in [-0.05, 0) is 31.2 Å². The predicted molar refractivity (Wildman–Crippen MR) is 98.5 cm³/mol. The lowest BCUT2D eigenvalue weighted by atomic mass is 9.93. The van der Waals surface area contributed by atoms with E-state index in [-0.39, 0.29) is 5.56 Å². The molecule has 1 aliphatic heterocycles. The summed E-state index contributed by atoms with van der Waals surface area (Å²) in [4.78, 5) is 4.24. The minimum atomic E-state index is -0.543. The first kappa shape index (κ1) is 16.6. The average Bonchev–Trinajstić information content (AvgIpc) is 2.54. The summed E-state index contributed by atoms with van der Waals surface area (Å²) in [6.07, 6.45) is 0. The van der Waals surface area contributed by atoms with E-state index in [4.69, 9.17) is 0 Å². The van der Waals surface area contributed by atoms with Gasteiger partial charge < -0.3 is 9.80 Å². The number of anilines is 1.